The third-order valence-corrected chi connectivity index (χ3v) is 4.31. The molecular formula is C18H20Cl3IN4O2. The molecule has 0 fully saturated rings. The number of carbonyl (C=O) groups is 1. The number of hydrogen-bond acceptors (Lipinski definition) is 3. The maximum atomic E-state index is 11.1. The van der Waals surface area contributed by atoms with Crippen molar-refractivity contribution in [1.82, 2.24) is 10.6 Å². The minimum Gasteiger partial charge on any atom is -0.489 e. The maximum absolute atomic E-state index is 11.1. The monoisotopic (exact) mass is 556 g/mol. The molecule has 4 N–H and O–H groups in total. The molecule has 0 heterocycles. The van der Waals surface area contributed by atoms with E-state index in [1.807, 2.05) is 12.1 Å². The van der Waals surface area contributed by atoms with E-state index in [1.165, 1.54) is 0 Å². The normalized spacial score (nSPS) is 10.8. The van der Waals surface area contributed by atoms with Crippen LogP contribution in [0.15, 0.2) is 41.4 Å². The second-order valence-electron chi connectivity index (χ2n) is 5.46. The fourth-order valence-corrected chi connectivity index (χ4v) is 3.11. The second-order valence-corrected chi connectivity index (χ2v) is 6.71. The Morgan fingerprint density at radius 1 is 1.11 bits per heavy atom. The SMILES string of the molecule is CN=C(NCCOc1c(Cl)cc(Cl)cc1Cl)NCc1ccc(C(N)=O)cc1.I. The lowest BCUT2D eigenvalue weighted by molar-refractivity contribution is 0.100. The molecule has 1 amide bonds. The number of benzene rings is 2. The van der Waals surface area contributed by atoms with E-state index in [2.05, 4.69) is 15.6 Å². The van der Waals surface area contributed by atoms with Crippen molar-refractivity contribution in [3.63, 3.8) is 0 Å². The Labute approximate surface area is 195 Å². The van der Waals surface area contributed by atoms with Gasteiger partial charge in [-0.25, -0.2) is 0 Å². The Kier molecular flexibility index (Phi) is 10.7. The van der Waals surface area contributed by atoms with Crippen LogP contribution in [0.1, 0.15) is 15.9 Å². The lowest BCUT2D eigenvalue weighted by Gasteiger charge is -2.14. The smallest absolute Gasteiger partial charge is 0.248 e. The molecule has 10 heteroatoms. The van der Waals surface area contributed by atoms with E-state index in [-0.39, 0.29) is 24.0 Å². The van der Waals surface area contributed by atoms with Crippen LogP contribution in [0.4, 0.5) is 0 Å². The van der Waals surface area contributed by atoms with Crippen molar-refractivity contribution in [2.45, 2.75) is 6.54 Å². The number of carbonyl (C=O) groups excluding carboxylic acids is 1. The molecule has 0 atom stereocenters. The summed E-state index contributed by atoms with van der Waals surface area (Å²) in [7, 11) is 1.67. The van der Waals surface area contributed by atoms with Crippen molar-refractivity contribution in [2.24, 2.45) is 10.7 Å². The minimum atomic E-state index is -0.451. The highest BCUT2D eigenvalue weighted by molar-refractivity contribution is 14.0. The van der Waals surface area contributed by atoms with E-state index in [0.717, 1.165) is 5.56 Å². The van der Waals surface area contributed by atoms with Crippen LogP contribution in [-0.2, 0) is 6.54 Å². The van der Waals surface area contributed by atoms with Crippen LogP contribution in [0, 0.1) is 0 Å². The molecule has 2 rings (SSSR count). The molecule has 2 aromatic rings. The van der Waals surface area contributed by atoms with E-state index in [4.69, 9.17) is 45.3 Å². The van der Waals surface area contributed by atoms with Crippen molar-refractivity contribution in [3.05, 3.63) is 62.6 Å². The van der Waals surface area contributed by atoms with Gasteiger partial charge in [0.05, 0.1) is 16.6 Å². The number of amides is 1. The van der Waals surface area contributed by atoms with Crippen LogP contribution in [0.3, 0.4) is 0 Å². The molecule has 0 aliphatic heterocycles. The van der Waals surface area contributed by atoms with Gasteiger partial charge in [0.1, 0.15) is 6.61 Å². The molecule has 0 aliphatic carbocycles. The number of nitrogens with zero attached hydrogens (tertiary/aromatic N) is 1. The molecule has 0 aromatic heterocycles. The molecule has 0 aliphatic rings. The molecule has 28 heavy (non-hydrogen) atoms. The van der Waals surface area contributed by atoms with E-state index in [9.17, 15) is 4.79 Å². The zero-order valence-corrected chi connectivity index (χ0v) is 19.6. The Morgan fingerprint density at radius 2 is 1.71 bits per heavy atom. The number of nitrogens with two attached hydrogens (primary N) is 1. The first-order chi connectivity index (χ1) is 12.9. The predicted molar refractivity (Wildman–Crippen MR) is 126 cm³/mol. The number of halogens is 4. The highest BCUT2D eigenvalue weighted by Gasteiger charge is 2.09. The van der Waals surface area contributed by atoms with Crippen LogP contribution in [0.25, 0.3) is 0 Å². The van der Waals surface area contributed by atoms with Crippen LogP contribution in [-0.4, -0.2) is 32.1 Å². The van der Waals surface area contributed by atoms with Gasteiger partial charge in [0.15, 0.2) is 11.7 Å². The van der Waals surface area contributed by atoms with E-state index in [1.54, 1.807) is 31.3 Å². The summed E-state index contributed by atoms with van der Waals surface area (Å²) in [5.41, 5.74) is 6.68. The van der Waals surface area contributed by atoms with Gasteiger partial charge in [-0.15, -0.1) is 24.0 Å². The van der Waals surface area contributed by atoms with Gasteiger partial charge in [-0.05, 0) is 29.8 Å². The molecule has 0 unspecified atom stereocenters. The Morgan fingerprint density at radius 3 is 2.25 bits per heavy atom. The predicted octanol–water partition coefficient (Wildman–Crippen LogP) is 4.11. The van der Waals surface area contributed by atoms with Gasteiger partial charge in [-0.1, -0.05) is 46.9 Å². The highest BCUT2D eigenvalue weighted by Crippen LogP contribution is 2.35. The van der Waals surface area contributed by atoms with Crippen molar-refractivity contribution in [2.75, 3.05) is 20.2 Å². The topological polar surface area (TPSA) is 88.7 Å². The summed E-state index contributed by atoms with van der Waals surface area (Å²) in [6, 6.07) is 10.2. The molecule has 2 aromatic carbocycles. The van der Waals surface area contributed by atoms with E-state index < -0.39 is 5.91 Å². The van der Waals surface area contributed by atoms with Gasteiger partial charge in [0.25, 0.3) is 0 Å². The first-order valence-electron chi connectivity index (χ1n) is 8.01. The summed E-state index contributed by atoms with van der Waals surface area (Å²) in [5.74, 6) is 0.542. The van der Waals surface area contributed by atoms with Crippen molar-refractivity contribution in [1.29, 1.82) is 0 Å². The van der Waals surface area contributed by atoms with Gasteiger partial charge in [0.2, 0.25) is 5.91 Å². The molecule has 0 bridgehead atoms. The molecule has 152 valence electrons. The van der Waals surface area contributed by atoms with Crippen LogP contribution in [0.2, 0.25) is 15.1 Å². The maximum Gasteiger partial charge on any atom is 0.248 e. The van der Waals surface area contributed by atoms with E-state index >= 15 is 0 Å². The number of nitrogens with one attached hydrogen (secondary N) is 2. The number of rotatable bonds is 7. The van der Waals surface area contributed by atoms with Crippen molar-refractivity contribution >= 4 is 70.6 Å². The number of hydrogen-bond donors (Lipinski definition) is 3. The largest absolute Gasteiger partial charge is 0.489 e. The minimum absolute atomic E-state index is 0. The summed E-state index contributed by atoms with van der Waals surface area (Å²) in [6.07, 6.45) is 0. The van der Waals surface area contributed by atoms with Crippen molar-refractivity contribution in [3.8, 4) is 5.75 Å². The number of guanidine groups is 1. The highest BCUT2D eigenvalue weighted by atomic mass is 127. The molecule has 0 spiro atoms. The third kappa shape index (κ3) is 7.54. The summed E-state index contributed by atoms with van der Waals surface area (Å²) in [5, 5.41) is 7.44. The summed E-state index contributed by atoms with van der Waals surface area (Å²) in [4.78, 5) is 15.2. The fourth-order valence-electron chi connectivity index (χ4n) is 2.18. The summed E-state index contributed by atoms with van der Waals surface area (Å²) >= 11 is 18.0. The average Bonchev–Trinajstić information content (AvgIpc) is 2.63. The fraction of sp³-hybridized carbons (Fsp3) is 0.222. The van der Waals surface area contributed by atoms with Gasteiger partial charge in [-0.2, -0.15) is 0 Å². The molecule has 6 nitrogen and oxygen atoms in total. The Bertz CT molecular complexity index is 809. The lowest BCUT2D eigenvalue weighted by Crippen LogP contribution is -2.38. The lowest BCUT2D eigenvalue weighted by atomic mass is 10.1. The van der Waals surface area contributed by atoms with Gasteiger partial charge >= 0.3 is 0 Å². The molecule has 0 saturated carbocycles. The van der Waals surface area contributed by atoms with Crippen LogP contribution in [0.5, 0.6) is 5.75 Å². The first-order valence-corrected chi connectivity index (χ1v) is 9.14. The Balaban J connectivity index is 0.00000392. The second kappa shape index (κ2) is 12.2. The zero-order valence-electron chi connectivity index (χ0n) is 15.0. The van der Waals surface area contributed by atoms with Crippen LogP contribution >= 0.6 is 58.8 Å². The number of aliphatic imine (C=N–C) groups is 1. The summed E-state index contributed by atoms with van der Waals surface area (Å²) in [6.45, 7) is 1.35. The van der Waals surface area contributed by atoms with Crippen molar-refractivity contribution < 1.29 is 9.53 Å². The van der Waals surface area contributed by atoms with E-state index in [0.29, 0.717) is 52.0 Å². The molecular weight excluding hydrogens is 537 g/mol. The molecule has 0 saturated heterocycles. The summed E-state index contributed by atoms with van der Waals surface area (Å²) < 4.78 is 5.60. The van der Waals surface area contributed by atoms with Gasteiger partial charge in [-0.3, -0.25) is 9.79 Å². The van der Waals surface area contributed by atoms with Gasteiger partial charge < -0.3 is 21.1 Å². The number of ether oxygens (including phenoxy) is 1. The zero-order chi connectivity index (χ0) is 19.8. The Hall–Kier alpha value is -1.42. The van der Waals surface area contributed by atoms with Gasteiger partial charge in [0, 0.05) is 24.2 Å². The molecule has 0 radical (unpaired) electrons. The third-order valence-electron chi connectivity index (χ3n) is 3.53. The first kappa shape index (κ1) is 24.6. The standard InChI is InChI=1S/C18H19Cl3N4O2.HI/c1-23-18(25-10-11-2-4-12(5-3-11)17(22)26)24-6-7-27-16-14(20)8-13(19)9-15(16)21;/h2-5,8-9H,6-7,10H2,1H3,(H2,22,26)(H2,23,24,25);1H. The quantitative estimate of drug-likeness (QED) is 0.207. The van der Waals surface area contributed by atoms with Crippen LogP contribution < -0.4 is 21.1 Å². The number of primary amides is 1. The average molecular weight is 558 g/mol.